The molecule has 2 aromatic rings. The van der Waals surface area contributed by atoms with Gasteiger partial charge in [0.2, 0.25) is 5.88 Å². The molecule has 2 bridgehead atoms. The maximum Gasteiger partial charge on any atom is 0.284 e. The molecule has 1 aromatic carbocycles. The maximum atomic E-state index is 14.6. The van der Waals surface area contributed by atoms with Crippen molar-refractivity contribution in [1.82, 2.24) is 14.7 Å². The third kappa shape index (κ3) is 10.4. The van der Waals surface area contributed by atoms with Crippen LogP contribution < -0.4 is 4.74 Å². The second-order valence-electron chi connectivity index (χ2n) is 15.1. The molecule has 2 N–H and O–H groups in total. The Balaban J connectivity index is 1.41. The van der Waals surface area contributed by atoms with E-state index in [4.69, 9.17) is 25.8 Å². The lowest BCUT2D eigenvalue weighted by Gasteiger charge is -2.45. The summed E-state index contributed by atoms with van der Waals surface area (Å²) in [4.78, 5) is 33.7. The van der Waals surface area contributed by atoms with E-state index in [9.17, 15) is 24.0 Å². The Morgan fingerprint density at radius 3 is 2.84 bits per heavy atom. The first-order valence-corrected chi connectivity index (χ1v) is 21.1. The zero-order valence-electron chi connectivity index (χ0n) is 31.7. The number of fused-ring (bicyclic) bond motifs is 3. The first kappa shape index (κ1) is 41.0. The molecule has 2 aliphatic heterocycles. The van der Waals surface area contributed by atoms with Crippen molar-refractivity contribution in [3.63, 3.8) is 0 Å². The smallest absolute Gasteiger partial charge is 0.284 e. The fourth-order valence-corrected chi connectivity index (χ4v) is 9.75. The summed E-state index contributed by atoms with van der Waals surface area (Å²) in [7, 11) is -0.460. The van der Waals surface area contributed by atoms with Gasteiger partial charge in [-0.1, -0.05) is 36.7 Å². The van der Waals surface area contributed by atoms with Crippen molar-refractivity contribution >= 4 is 38.7 Å². The van der Waals surface area contributed by atoms with Gasteiger partial charge in [0.25, 0.3) is 11.8 Å². The van der Waals surface area contributed by atoms with E-state index in [0.29, 0.717) is 36.7 Å². The van der Waals surface area contributed by atoms with E-state index in [1.165, 1.54) is 23.6 Å². The number of aliphatic hydroxyl groups excluding tert-OH is 2. The molecule has 15 heteroatoms. The van der Waals surface area contributed by atoms with Crippen LogP contribution in [0.4, 0.5) is 0 Å². The number of halogens is 1. The van der Waals surface area contributed by atoms with Crippen LogP contribution in [0.2, 0.25) is 5.02 Å². The van der Waals surface area contributed by atoms with Crippen LogP contribution in [0, 0.1) is 17.8 Å². The minimum absolute atomic E-state index is 0.0132. The van der Waals surface area contributed by atoms with Crippen molar-refractivity contribution < 1.29 is 38.2 Å². The summed E-state index contributed by atoms with van der Waals surface area (Å²) in [6.45, 7) is 3.28. The molecule has 1 saturated carbocycles. The average Bonchev–Trinajstić information content (AvgIpc) is 3.53. The summed E-state index contributed by atoms with van der Waals surface area (Å²) in [5.41, 5.74) is 3.83. The van der Waals surface area contributed by atoms with Gasteiger partial charge in [-0.25, -0.2) is 9.20 Å². The second-order valence-corrected chi connectivity index (χ2v) is 17.6. The summed E-state index contributed by atoms with van der Waals surface area (Å²) in [5, 5.41) is 24.5. The number of allylic oxidation sites excluding steroid dienone is 3. The third-order valence-electron chi connectivity index (χ3n) is 10.8. The first-order valence-electron chi connectivity index (χ1n) is 19.0. The molecule has 3 unspecified atom stereocenters. The molecule has 1 fully saturated rings. The number of benzene rings is 1. The Labute approximate surface area is 328 Å². The number of hydrogen-bond acceptors (Lipinski definition) is 10. The van der Waals surface area contributed by atoms with Gasteiger partial charge in [-0.15, -0.1) is 5.10 Å². The average molecular weight is 798 g/mol. The van der Waals surface area contributed by atoms with E-state index in [1.807, 2.05) is 37.3 Å². The number of carbonyl (C=O) groups is 2. The first-order chi connectivity index (χ1) is 26.4. The highest BCUT2D eigenvalue weighted by molar-refractivity contribution is 8.06. The Bertz CT molecular complexity index is 1970. The lowest BCUT2D eigenvalue weighted by atomic mass is 9.69. The molecule has 0 saturated heterocycles. The van der Waals surface area contributed by atoms with E-state index in [-0.39, 0.29) is 60.1 Å². The molecule has 0 spiro atoms. The summed E-state index contributed by atoms with van der Waals surface area (Å²) >= 11 is 6.49. The Hall–Kier alpha value is -3.66. The topological polar surface area (TPSA) is 165 Å². The Kier molecular flexibility index (Phi) is 13.8. The van der Waals surface area contributed by atoms with Crippen molar-refractivity contribution in [3.8, 4) is 5.88 Å². The number of methoxy groups -OCH3 is 1. The monoisotopic (exact) mass is 797 g/mol. The van der Waals surface area contributed by atoms with Gasteiger partial charge in [0.05, 0.1) is 48.8 Å². The lowest BCUT2D eigenvalue weighted by molar-refractivity contribution is -0.114. The largest absolute Gasteiger partial charge is 0.496 e. The van der Waals surface area contributed by atoms with Gasteiger partial charge in [0.15, 0.2) is 0 Å². The SMILES string of the molecule is COc1nn(C)cc1C(=O)/N=C/S1(=O)=NC(=O)C2=CC=C3OCCCCc4cc(Cl)ccc4CN(C[C@@H]4CC[C@H]4[C@@H](OCC(O)CO)/C=C/C[C@H](C)C1)C3C2. The van der Waals surface area contributed by atoms with Crippen LogP contribution in [-0.4, -0.2) is 104 Å². The number of amides is 2. The van der Waals surface area contributed by atoms with Crippen molar-refractivity contribution in [2.75, 3.05) is 39.2 Å². The van der Waals surface area contributed by atoms with E-state index in [0.717, 1.165) is 49.0 Å². The van der Waals surface area contributed by atoms with Crippen molar-refractivity contribution in [2.45, 2.75) is 76.7 Å². The number of aliphatic imine (C=N–C) groups is 1. The van der Waals surface area contributed by atoms with Gasteiger partial charge in [-0.2, -0.15) is 4.36 Å². The van der Waals surface area contributed by atoms with Crippen LogP contribution in [0.3, 0.4) is 0 Å². The minimum atomic E-state index is -3.49. The number of rotatable bonds is 7. The second kappa shape index (κ2) is 18.5. The highest BCUT2D eigenvalue weighted by Gasteiger charge is 2.40. The van der Waals surface area contributed by atoms with Crippen LogP contribution in [0.1, 0.15) is 66.9 Å². The van der Waals surface area contributed by atoms with Gasteiger partial charge in [-0.3, -0.25) is 19.2 Å². The fourth-order valence-electron chi connectivity index (χ4n) is 7.73. The maximum absolute atomic E-state index is 14.6. The van der Waals surface area contributed by atoms with Crippen LogP contribution in [0.15, 0.2) is 69.4 Å². The molecule has 3 heterocycles. The van der Waals surface area contributed by atoms with Crippen molar-refractivity contribution in [2.24, 2.45) is 34.2 Å². The third-order valence-corrected chi connectivity index (χ3v) is 13.0. The molecular formula is C40H52ClN5O8S. The highest BCUT2D eigenvalue weighted by Crippen LogP contribution is 2.41. The molecule has 2 aliphatic carbocycles. The van der Waals surface area contributed by atoms with Crippen LogP contribution in [0.5, 0.6) is 5.88 Å². The van der Waals surface area contributed by atoms with E-state index in [2.05, 4.69) is 25.4 Å². The Morgan fingerprint density at radius 2 is 2.07 bits per heavy atom. The fraction of sp³-hybridized carbons (Fsp3) is 0.550. The number of hydrogen-bond donors (Lipinski definition) is 2. The molecule has 1 aromatic heterocycles. The minimum Gasteiger partial charge on any atom is -0.496 e. The summed E-state index contributed by atoms with van der Waals surface area (Å²) < 4.78 is 38.3. The summed E-state index contributed by atoms with van der Waals surface area (Å²) in [6, 6.07) is 5.73. The van der Waals surface area contributed by atoms with Crippen LogP contribution in [-0.2, 0) is 44.0 Å². The molecule has 0 radical (unpaired) electrons. The van der Waals surface area contributed by atoms with Gasteiger partial charge < -0.3 is 24.4 Å². The highest BCUT2D eigenvalue weighted by atomic mass is 35.5. The molecule has 298 valence electrons. The standard InChI is InChI=1S/C40H52ClN5O8S/c1-26-7-6-9-36(54-23-32(48)22-47)33-14-11-30(33)20-46-19-29-10-13-31(41)17-27(29)8-4-5-16-53-37-15-12-28(18-35(37)46)38(49)44-55(51,24-26)25-42-39(50)34-21-45(2)43-40(34)52-3/h6,9-10,12-13,15,17,21,25-26,30,32-33,35-36,47-48H,4-5,7-8,11,14,16,18-20,22-24H2,1-3H3/b9-6+,42-25+/t26-,30-,32?,33+,35?,36-,55?/m0/s1. The quantitative estimate of drug-likeness (QED) is 0.220. The van der Waals surface area contributed by atoms with E-state index in [1.54, 1.807) is 13.1 Å². The summed E-state index contributed by atoms with van der Waals surface area (Å²) in [6.07, 6.45) is 13.0. The molecule has 4 aliphatic rings. The molecule has 7 atom stereocenters. The number of aryl methyl sites for hydroxylation is 2. The number of carbonyl (C=O) groups excluding carboxylic acids is 2. The normalized spacial score (nSPS) is 29.2. The predicted molar refractivity (Wildman–Crippen MR) is 210 cm³/mol. The molecular weight excluding hydrogens is 746 g/mol. The number of aliphatic hydroxyl groups is 2. The molecule has 6 rings (SSSR count). The van der Waals surface area contributed by atoms with Gasteiger partial charge in [0.1, 0.15) is 23.0 Å². The molecule has 2 amide bonds. The zero-order chi connectivity index (χ0) is 39.1. The van der Waals surface area contributed by atoms with E-state index >= 15 is 0 Å². The van der Waals surface area contributed by atoms with Gasteiger partial charge in [0, 0.05) is 49.1 Å². The summed E-state index contributed by atoms with van der Waals surface area (Å²) in [5.74, 6) is -0.366. The number of nitrogens with zero attached hydrogens (tertiary/aromatic N) is 5. The molecule has 55 heavy (non-hydrogen) atoms. The zero-order valence-corrected chi connectivity index (χ0v) is 33.3. The van der Waals surface area contributed by atoms with Crippen molar-refractivity contribution in [3.05, 3.63) is 81.7 Å². The lowest BCUT2D eigenvalue weighted by Crippen LogP contribution is -2.48. The Morgan fingerprint density at radius 1 is 1.24 bits per heavy atom. The van der Waals surface area contributed by atoms with Gasteiger partial charge >= 0.3 is 0 Å². The van der Waals surface area contributed by atoms with E-state index < -0.39 is 34.3 Å². The van der Waals surface area contributed by atoms with Crippen LogP contribution in [0.25, 0.3) is 0 Å². The van der Waals surface area contributed by atoms with Crippen LogP contribution >= 0.6 is 11.6 Å². The number of aromatic nitrogens is 2. The predicted octanol–water partition coefficient (Wildman–Crippen LogP) is 5.04. The molecule has 13 nitrogen and oxygen atoms in total. The van der Waals surface area contributed by atoms with Gasteiger partial charge in [-0.05, 0) is 91.7 Å². The number of ether oxygens (including phenoxy) is 3. The van der Waals surface area contributed by atoms with Crippen molar-refractivity contribution in [1.29, 1.82) is 0 Å².